The largest absolute Gasteiger partial charge is 0.378 e. The minimum absolute atomic E-state index is 0.132. The molecule has 2 fully saturated rings. The maximum absolute atomic E-state index is 12.6. The zero-order chi connectivity index (χ0) is 20.1. The van der Waals surface area contributed by atoms with Crippen molar-refractivity contribution in [2.45, 2.75) is 25.4 Å². The molecule has 154 valence electrons. The lowest BCUT2D eigenvalue weighted by Crippen LogP contribution is -2.51. The van der Waals surface area contributed by atoms with Gasteiger partial charge < -0.3 is 15.1 Å². The van der Waals surface area contributed by atoms with Crippen molar-refractivity contribution in [2.75, 3.05) is 65.3 Å². The second kappa shape index (κ2) is 9.39. The Balaban J connectivity index is 1.37. The number of amides is 2. The number of anilines is 1. The molecule has 1 aliphatic carbocycles. The number of rotatable bonds is 8. The summed E-state index contributed by atoms with van der Waals surface area (Å²) in [5.74, 6) is 0.267. The molecule has 3 rings (SSSR count). The second-order valence-corrected chi connectivity index (χ2v) is 8.20. The normalized spacial score (nSPS) is 18.0. The molecule has 1 N–H and O–H groups in total. The molecule has 0 unspecified atom stereocenters. The van der Waals surface area contributed by atoms with Crippen molar-refractivity contribution < 1.29 is 9.59 Å². The molecular weight excluding hydrogens is 354 g/mol. The maximum atomic E-state index is 12.6. The topological polar surface area (TPSA) is 59.1 Å². The smallest absolute Gasteiger partial charge is 0.236 e. The van der Waals surface area contributed by atoms with Gasteiger partial charge in [-0.05, 0) is 30.5 Å². The lowest BCUT2D eigenvalue weighted by Gasteiger charge is -2.34. The first-order valence-corrected chi connectivity index (χ1v) is 10.1. The highest BCUT2D eigenvalue weighted by Gasteiger charge is 2.26. The summed E-state index contributed by atoms with van der Waals surface area (Å²) in [6.45, 7) is 4.85. The molecule has 0 spiro atoms. The summed E-state index contributed by atoms with van der Waals surface area (Å²) in [4.78, 5) is 32.7. The fourth-order valence-corrected chi connectivity index (χ4v) is 3.38. The van der Waals surface area contributed by atoms with Crippen molar-refractivity contribution >= 4 is 17.5 Å². The summed E-state index contributed by atoms with van der Waals surface area (Å²) in [6, 6.07) is 8.72. The van der Waals surface area contributed by atoms with Crippen LogP contribution in [0.3, 0.4) is 0 Å². The van der Waals surface area contributed by atoms with Crippen molar-refractivity contribution in [1.82, 2.24) is 20.0 Å². The van der Waals surface area contributed by atoms with Gasteiger partial charge in [0, 0.05) is 65.6 Å². The average molecular weight is 388 g/mol. The monoisotopic (exact) mass is 387 g/mol. The van der Waals surface area contributed by atoms with Gasteiger partial charge in [0.05, 0.1) is 13.1 Å². The Morgan fingerprint density at radius 1 is 0.964 bits per heavy atom. The Labute approximate surface area is 168 Å². The van der Waals surface area contributed by atoms with Gasteiger partial charge in [0.1, 0.15) is 0 Å². The molecule has 0 bridgehead atoms. The minimum atomic E-state index is 0.132. The van der Waals surface area contributed by atoms with Gasteiger partial charge in [0.2, 0.25) is 11.8 Å². The van der Waals surface area contributed by atoms with Crippen molar-refractivity contribution in [3.05, 3.63) is 29.8 Å². The first kappa shape index (κ1) is 20.6. The Morgan fingerprint density at radius 2 is 1.54 bits per heavy atom. The average Bonchev–Trinajstić information content (AvgIpc) is 3.47. The fraction of sp³-hybridized carbons (Fsp3) is 0.619. The fourth-order valence-electron chi connectivity index (χ4n) is 3.38. The molecule has 0 aromatic heterocycles. The van der Waals surface area contributed by atoms with Crippen molar-refractivity contribution in [1.29, 1.82) is 0 Å². The van der Waals surface area contributed by atoms with Crippen LogP contribution in [-0.2, 0) is 16.1 Å². The highest BCUT2D eigenvalue weighted by atomic mass is 16.2. The molecular formula is C21H33N5O2. The van der Waals surface area contributed by atoms with Crippen LogP contribution in [0.2, 0.25) is 0 Å². The summed E-state index contributed by atoms with van der Waals surface area (Å²) < 4.78 is 0. The van der Waals surface area contributed by atoms with Crippen LogP contribution in [0.15, 0.2) is 24.3 Å². The Bertz CT molecular complexity index is 664. The predicted molar refractivity (Wildman–Crippen MR) is 111 cm³/mol. The molecule has 2 amide bonds. The number of nitrogens with zero attached hydrogens (tertiary/aromatic N) is 4. The van der Waals surface area contributed by atoms with Gasteiger partial charge in [-0.3, -0.25) is 19.4 Å². The third-order valence-corrected chi connectivity index (χ3v) is 5.43. The van der Waals surface area contributed by atoms with Crippen molar-refractivity contribution in [3.8, 4) is 0 Å². The summed E-state index contributed by atoms with van der Waals surface area (Å²) in [5.41, 5.74) is 2.29. The second-order valence-electron chi connectivity index (χ2n) is 8.20. The summed E-state index contributed by atoms with van der Waals surface area (Å²) in [5, 5.41) is 3.03. The van der Waals surface area contributed by atoms with Crippen LogP contribution >= 0.6 is 0 Å². The molecule has 2 aliphatic rings. The predicted octanol–water partition coefficient (Wildman–Crippen LogP) is 0.607. The number of carbonyl (C=O) groups is 2. The van der Waals surface area contributed by atoms with Crippen LogP contribution in [-0.4, -0.2) is 93.0 Å². The van der Waals surface area contributed by atoms with Gasteiger partial charge >= 0.3 is 0 Å². The number of piperazine rings is 1. The number of hydrogen-bond donors (Lipinski definition) is 1. The van der Waals surface area contributed by atoms with Gasteiger partial charge in [-0.15, -0.1) is 0 Å². The van der Waals surface area contributed by atoms with E-state index >= 15 is 0 Å². The van der Waals surface area contributed by atoms with E-state index in [1.165, 1.54) is 0 Å². The van der Waals surface area contributed by atoms with Crippen LogP contribution in [0.25, 0.3) is 0 Å². The van der Waals surface area contributed by atoms with Crippen LogP contribution in [0.4, 0.5) is 5.69 Å². The standard InChI is InChI=1S/C21H33N5O2/c1-23(2)19-8-4-17(5-9-19)14-24(3)21(28)16-26-12-10-25(11-13-26)15-20(27)22-18-6-7-18/h4-5,8-9,18H,6-7,10-16H2,1-3H3,(H,22,27). The van der Waals surface area contributed by atoms with Crippen molar-refractivity contribution in [3.63, 3.8) is 0 Å². The molecule has 0 atom stereocenters. The van der Waals surface area contributed by atoms with Gasteiger partial charge in [0.25, 0.3) is 0 Å². The maximum Gasteiger partial charge on any atom is 0.236 e. The molecule has 1 aliphatic heterocycles. The highest BCUT2D eigenvalue weighted by Crippen LogP contribution is 2.18. The van der Waals surface area contributed by atoms with Crippen LogP contribution < -0.4 is 10.2 Å². The number of nitrogens with one attached hydrogen (secondary N) is 1. The van der Waals surface area contributed by atoms with E-state index in [9.17, 15) is 9.59 Å². The van der Waals surface area contributed by atoms with E-state index in [1.807, 2.05) is 21.1 Å². The molecule has 1 aromatic rings. The number of benzene rings is 1. The third-order valence-electron chi connectivity index (χ3n) is 5.43. The van der Waals surface area contributed by atoms with Gasteiger partial charge in [-0.2, -0.15) is 0 Å². The van der Waals surface area contributed by atoms with E-state index in [2.05, 4.69) is 44.3 Å². The molecule has 7 heteroatoms. The lowest BCUT2D eigenvalue weighted by atomic mass is 10.2. The van der Waals surface area contributed by atoms with Crippen LogP contribution in [0.5, 0.6) is 0 Å². The molecule has 28 heavy (non-hydrogen) atoms. The summed E-state index contributed by atoms with van der Waals surface area (Å²) in [6.07, 6.45) is 2.24. The Morgan fingerprint density at radius 3 is 2.07 bits per heavy atom. The van der Waals surface area contributed by atoms with Gasteiger partial charge in [-0.25, -0.2) is 0 Å². The summed E-state index contributed by atoms with van der Waals surface area (Å²) >= 11 is 0. The highest BCUT2D eigenvalue weighted by molar-refractivity contribution is 5.79. The quantitative estimate of drug-likeness (QED) is 0.708. The zero-order valence-electron chi connectivity index (χ0n) is 17.4. The van der Waals surface area contributed by atoms with Crippen molar-refractivity contribution in [2.24, 2.45) is 0 Å². The summed E-state index contributed by atoms with van der Waals surface area (Å²) in [7, 11) is 5.90. The first-order valence-electron chi connectivity index (χ1n) is 10.1. The van der Waals surface area contributed by atoms with Crippen LogP contribution in [0.1, 0.15) is 18.4 Å². The zero-order valence-corrected chi connectivity index (χ0v) is 17.4. The number of carbonyl (C=O) groups excluding carboxylic acids is 2. The number of likely N-dealkylation sites (N-methyl/N-ethyl adjacent to an activating group) is 1. The minimum Gasteiger partial charge on any atom is -0.378 e. The molecule has 1 heterocycles. The van der Waals surface area contributed by atoms with E-state index in [0.717, 1.165) is 50.3 Å². The Hall–Kier alpha value is -2.12. The molecule has 7 nitrogen and oxygen atoms in total. The van der Waals surface area contributed by atoms with Gasteiger partial charge in [-0.1, -0.05) is 12.1 Å². The molecule has 1 saturated heterocycles. The Kier molecular flexibility index (Phi) is 6.91. The van der Waals surface area contributed by atoms with Crippen LogP contribution in [0, 0.1) is 0 Å². The third kappa shape index (κ3) is 6.21. The molecule has 1 saturated carbocycles. The van der Waals surface area contributed by atoms with E-state index in [1.54, 1.807) is 4.90 Å². The SMILES string of the molecule is CN(Cc1ccc(N(C)C)cc1)C(=O)CN1CCN(CC(=O)NC2CC2)CC1. The van der Waals surface area contributed by atoms with E-state index in [-0.39, 0.29) is 11.8 Å². The molecule has 1 aromatic carbocycles. The van der Waals surface area contributed by atoms with E-state index < -0.39 is 0 Å². The first-order chi connectivity index (χ1) is 13.4. The number of hydrogen-bond acceptors (Lipinski definition) is 5. The van der Waals surface area contributed by atoms with E-state index in [4.69, 9.17) is 0 Å². The van der Waals surface area contributed by atoms with E-state index in [0.29, 0.717) is 25.7 Å². The van der Waals surface area contributed by atoms with Gasteiger partial charge in [0.15, 0.2) is 0 Å². The molecule has 0 radical (unpaired) electrons. The lowest BCUT2D eigenvalue weighted by molar-refractivity contribution is -0.132.